The van der Waals surface area contributed by atoms with Crippen molar-refractivity contribution in [3.05, 3.63) is 17.9 Å². The smallest absolute Gasteiger partial charge is 0.463 e. The van der Waals surface area contributed by atoms with Crippen LogP contribution in [0.15, 0.2) is 16.5 Å². The van der Waals surface area contributed by atoms with Crippen molar-refractivity contribution in [2.24, 2.45) is 0 Å². The molecule has 2 rings (SSSR count). The van der Waals surface area contributed by atoms with Gasteiger partial charge in [0.25, 0.3) is 0 Å². The van der Waals surface area contributed by atoms with Crippen LogP contribution in [0.1, 0.15) is 31.3 Å². The summed E-state index contributed by atoms with van der Waals surface area (Å²) in [6, 6.07) is 3.20. The number of hydrogen-bond donors (Lipinski definition) is 0. The lowest BCUT2D eigenvalue weighted by Crippen LogP contribution is -2.34. The number of hydrogen-bond acceptors (Lipinski definition) is 5. The van der Waals surface area contributed by atoms with Crippen LogP contribution in [-0.4, -0.2) is 31.9 Å². The monoisotopic (exact) mass is 238 g/mol. The highest BCUT2D eigenvalue weighted by Gasteiger charge is 2.45. The van der Waals surface area contributed by atoms with Crippen molar-refractivity contribution in [2.45, 2.75) is 32.5 Å². The lowest BCUT2D eigenvalue weighted by molar-refractivity contribution is 0.0566. The first kappa shape index (κ1) is 12.2. The van der Waals surface area contributed by atoms with Crippen LogP contribution in [0.4, 0.5) is 0 Å². The van der Waals surface area contributed by atoms with E-state index in [0.717, 1.165) is 0 Å². The molecule has 1 aliphatic heterocycles. The van der Waals surface area contributed by atoms with E-state index in [9.17, 15) is 4.79 Å². The molecule has 6 heteroatoms. The number of furan rings is 1. The van der Waals surface area contributed by atoms with Gasteiger partial charge in [0, 0.05) is 0 Å². The van der Waals surface area contributed by atoms with Crippen LogP contribution >= 0.6 is 0 Å². The van der Waals surface area contributed by atoms with E-state index >= 15 is 0 Å². The molecule has 17 heavy (non-hydrogen) atoms. The molecular formula is C11H15BO5. The molecule has 0 aliphatic carbocycles. The highest BCUT2D eigenvalue weighted by Crippen LogP contribution is 2.26. The highest BCUT2D eigenvalue weighted by atomic mass is 16.7. The van der Waals surface area contributed by atoms with Gasteiger partial charge in [-0.3, -0.25) is 0 Å². The Morgan fingerprint density at radius 3 is 2.71 bits per heavy atom. The van der Waals surface area contributed by atoms with Gasteiger partial charge in [0.1, 0.15) is 5.66 Å². The van der Waals surface area contributed by atoms with E-state index in [2.05, 4.69) is 4.74 Å². The fourth-order valence-electron chi connectivity index (χ4n) is 1.56. The minimum absolute atomic E-state index is 0.0424. The highest BCUT2D eigenvalue weighted by molar-refractivity contribution is 6.60. The molecule has 0 N–H and O–H groups in total. The third kappa shape index (κ3) is 2.23. The second-order valence-corrected chi connectivity index (χ2v) is 4.53. The number of carbonyl (C=O) groups is 1. The lowest BCUT2D eigenvalue weighted by Gasteiger charge is -2.21. The predicted octanol–water partition coefficient (Wildman–Crippen LogP) is 0.975. The first-order valence-corrected chi connectivity index (χ1v) is 5.45. The Labute approximate surface area is 100 Å². The molecule has 5 nitrogen and oxygen atoms in total. The summed E-state index contributed by atoms with van der Waals surface area (Å²) in [5.74, 6) is -0.367. The molecule has 1 unspecified atom stereocenters. The van der Waals surface area contributed by atoms with Crippen LogP contribution in [0.5, 0.6) is 0 Å². The zero-order chi connectivity index (χ0) is 12.6. The summed E-state index contributed by atoms with van der Waals surface area (Å²) in [6.45, 7) is 5.83. The minimum Gasteiger partial charge on any atom is -0.463 e. The van der Waals surface area contributed by atoms with Crippen LogP contribution in [0.25, 0.3) is 0 Å². The zero-order valence-electron chi connectivity index (χ0n) is 10.4. The van der Waals surface area contributed by atoms with Crippen molar-refractivity contribution in [1.82, 2.24) is 0 Å². The van der Waals surface area contributed by atoms with Crippen molar-refractivity contribution in [3.63, 3.8) is 0 Å². The van der Waals surface area contributed by atoms with Crippen LogP contribution < -0.4 is 5.66 Å². The first-order valence-electron chi connectivity index (χ1n) is 5.45. The van der Waals surface area contributed by atoms with E-state index in [1.807, 2.05) is 20.8 Å². The topological polar surface area (TPSA) is 57.9 Å². The van der Waals surface area contributed by atoms with E-state index in [4.69, 9.17) is 13.7 Å². The summed E-state index contributed by atoms with van der Waals surface area (Å²) in [5, 5.41) is 0. The largest absolute Gasteiger partial charge is 0.532 e. The quantitative estimate of drug-likeness (QED) is 0.567. The maximum absolute atomic E-state index is 11.2. The fraction of sp³-hybridized carbons (Fsp3) is 0.545. The average Bonchev–Trinajstić information content (AvgIpc) is 2.84. The Hall–Kier alpha value is -1.27. The van der Waals surface area contributed by atoms with E-state index < -0.39 is 13.1 Å². The van der Waals surface area contributed by atoms with Gasteiger partial charge in [0.2, 0.25) is 5.76 Å². The normalized spacial score (nSPS) is 22.8. The van der Waals surface area contributed by atoms with Gasteiger partial charge in [-0.2, -0.15) is 0 Å². The standard InChI is InChI=1S/C11H15BO5/c1-7-11(2,3)17-12(16-7)9-6-5-8(15-9)10(13)14-4/h5-7H,1-4H3. The summed E-state index contributed by atoms with van der Waals surface area (Å²) >= 11 is 0. The van der Waals surface area contributed by atoms with Crippen LogP contribution in [0.3, 0.4) is 0 Å². The van der Waals surface area contributed by atoms with Crippen molar-refractivity contribution in [2.75, 3.05) is 7.11 Å². The molecule has 0 spiro atoms. The number of esters is 1. The van der Waals surface area contributed by atoms with Gasteiger partial charge in [0.05, 0.1) is 18.8 Å². The maximum Gasteiger partial charge on any atom is 0.532 e. The third-order valence-corrected chi connectivity index (χ3v) is 2.96. The minimum atomic E-state index is -0.571. The van der Waals surface area contributed by atoms with Crippen LogP contribution in [0.2, 0.25) is 0 Å². The van der Waals surface area contributed by atoms with Crippen molar-refractivity contribution in [1.29, 1.82) is 0 Å². The maximum atomic E-state index is 11.2. The van der Waals surface area contributed by atoms with Gasteiger partial charge < -0.3 is 18.5 Å². The van der Waals surface area contributed by atoms with Gasteiger partial charge in [0.15, 0.2) is 0 Å². The SMILES string of the molecule is COC(=O)c1ccc(B2OC(C)C(C)(C)O2)o1. The second kappa shape index (κ2) is 4.20. The van der Waals surface area contributed by atoms with E-state index in [1.54, 1.807) is 12.1 Å². The molecule has 0 saturated carbocycles. The molecule has 0 bridgehead atoms. The summed E-state index contributed by atoms with van der Waals surface area (Å²) in [7, 11) is 0.733. The van der Waals surface area contributed by atoms with Crippen molar-refractivity contribution >= 4 is 18.7 Å². The third-order valence-electron chi connectivity index (χ3n) is 2.96. The summed E-state index contributed by atoms with van der Waals surface area (Å²) in [5.41, 5.74) is 0.103. The lowest BCUT2D eigenvalue weighted by atomic mass is 9.86. The first-order chi connectivity index (χ1) is 7.94. The van der Waals surface area contributed by atoms with Crippen molar-refractivity contribution < 1.29 is 23.3 Å². The molecule has 1 fully saturated rings. The fourth-order valence-corrected chi connectivity index (χ4v) is 1.56. The number of ether oxygens (including phenoxy) is 1. The zero-order valence-corrected chi connectivity index (χ0v) is 10.4. The number of methoxy groups -OCH3 is 1. The average molecular weight is 238 g/mol. The van der Waals surface area contributed by atoms with Crippen LogP contribution in [-0.2, 0) is 14.0 Å². The van der Waals surface area contributed by atoms with Gasteiger partial charge >= 0.3 is 13.1 Å². The Balaban J connectivity index is 2.15. The molecule has 1 aromatic rings. The summed E-state index contributed by atoms with van der Waals surface area (Å²) < 4.78 is 21.2. The molecule has 1 aliphatic rings. The van der Waals surface area contributed by atoms with Crippen LogP contribution in [0, 0.1) is 0 Å². The molecule has 92 valence electrons. The summed E-state index contributed by atoms with van der Waals surface area (Å²) in [4.78, 5) is 11.2. The van der Waals surface area contributed by atoms with Crippen molar-refractivity contribution in [3.8, 4) is 0 Å². The Kier molecular flexibility index (Phi) is 3.01. The van der Waals surface area contributed by atoms with E-state index in [-0.39, 0.29) is 17.5 Å². The second-order valence-electron chi connectivity index (χ2n) is 4.53. The molecule has 0 amide bonds. The van der Waals surface area contributed by atoms with Gasteiger partial charge in [-0.15, -0.1) is 0 Å². The predicted molar refractivity (Wildman–Crippen MR) is 61.1 cm³/mol. The number of carbonyl (C=O) groups excluding carboxylic acids is 1. The van der Waals surface area contributed by atoms with E-state index in [1.165, 1.54) is 7.11 Å². The number of rotatable bonds is 2. The molecule has 0 aromatic carbocycles. The Bertz CT molecular complexity index is 425. The Morgan fingerprint density at radius 2 is 2.18 bits per heavy atom. The van der Waals surface area contributed by atoms with Gasteiger partial charge in [-0.1, -0.05) is 0 Å². The molecule has 0 radical (unpaired) electrons. The van der Waals surface area contributed by atoms with E-state index in [0.29, 0.717) is 5.66 Å². The molecule has 1 aromatic heterocycles. The Morgan fingerprint density at radius 1 is 1.47 bits per heavy atom. The molecular weight excluding hydrogens is 223 g/mol. The van der Waals surface area contributed by atoms with Gasteiger partial charge in [-0.25, -0.2) is 4.79 Å². The molecule has 1 atom stereocenters. The van der Waals surface area contributed by atoms with Gasteiger partial charge in [-0.05, 0) is 32.9 Å². The summed E-state index contributed by atoms with van der Waals surface area (Å²) in [6.07, 6.45) is -0.0424. The molecule has 1 saturated heterocycles. The molecule has 2 heterocycles.